The maximum absolute atomic E-state index is 12.9. The van der Waals surface area contributed by atoms with Crippen LogP contribution in [0, 0.1) is 5.92 Å². The summed E-state index contributed by atoms with van der Waals surface area (Å²) in [5.41, 5.74) is 1.87. The number of anilines is 1. The molecule has 2 amide bonds. The number of piperazine rings is 1. The van der Waals surface area contributed by atoms with E-state index in [2.05, 4.69) is 4.90 Å². The first-order valence-electron chi connectivity index (χ1n) is 10.7. The molecule has 1 saturated carbocycles. The quantitative estimate of drug-likeness (QED) is 0.802. The van der Waals surface area contributed by atoms with Crippen LogP contribution in [0.2, 0.25) is 0 Å². The third kappa shape index (κ3) is 4.32. The second-order valence-corrected chi connectivity index (χ2v) is 8.10. The van der Waals surface area contributed by atoms with Crippen LogP contribution in [-0.2, 0) is 9.53 Å². The number of carbonyl (C=O) groups is 2. The van der Waals surface area contributed by atoms with Gasteiger partial charge in [-0.2, -0.15) is 0 Å². The van der Waals surface area contributed by atoms with E-state index in [4.69, 9.17) is 4.74 Å². The lowest BCUT2D eigenvalue weighted by molar-refractivity contribution is -0.138. The summed E-state index contributed by atoms with van der Waals surface area (Å²) in [5, 5.41) is 0. The molecule has 0 bridgehead atoms. The molecule has 3 aliphatic rings. The van der Waals surface area contributed by atoms with Crippen molar-refractivity contribution in [2.24, 2.45) is 5.92 Å². The molecule has 3 fully saturated rings. The molecule has 2 heterocycles. The van der Waals surface area contributed by atoms with Gasteiger partial charge in [0.15, 0.2) is 0 Å². The van der Waals surface area contributed by atoms with Gasteiger partial charge in [-0.05, 0) is 37.1 Å². The lowest BCUT2D eigenvalue weighted by Crippen LogP contribution is -2.52. The van der Waals surface area contributed by atoms with E-state index < -0.39 is 0 Å². The van der Waals surface area contributed by atoms with Crippen molar-refractivity contribution in [3.8, 4) is 0 Å². The molecule has 0 N–H and O–H groups in total. The van der Waals surface area contributed by atoms with Gasteiger partial charge >= 0.3 is 0 Å². The van der Waals surface area contributed by atoms with Gasteiger partial charge in [0.05, 0.1) is 13.2 Å². The number of morpholine rings is 1. The molecular weight excluding hydrogens is 354 g/mol. The fourth-order valence-electron chi connectivity index (χ4n) is 4.56. The number of hydrogen-bond acceptors (Lipinski definition) is 4. The molecule has 2 saturated heterocycles. The molecule has 4 rings (SSSR count). The Labute approximate surface area is 167 Å². The summed E-state index contributed by atoms with van der Waals surface area (Å²) in [5.74, 6) is 0.587. The van der Waals surface area contributed by atoms with Gasteiger partial charge in [-0.15, -0.1) is 0 Å². The normalized spacial score (nSPS) is 21.6. The van der Waals surface area contributed by atoms with Gasteiger partial charge in [0.1, 0.15) is 0 Å². The third-order valence-corrected chi connectivity index (χ3v) is 6.32. The molecule has 6 heteroatoms. The summed E-state index contributed by atoms with van der Waals surface area (Å²) in [6.07, 6.45) is 5.68. The molecule has 1 aromatic rings. The van der Waals surface area contributed by atoms with Gasteiger partial charge in [-0.25, -0.2) is 0 Å². The van der Waals surface area contributed by atoms with Gasteiger partial charge in [0, 0.05) is 56.4 Å². The predicted octanol–water partition coefficient (Wildman–Crippen LogP) is 2.39. The Balaban J connectivity index is 1.30. The first-order chi connectivity index (χ1) is 13.7. The molecule has 0 aromatic heterocycles. The molecular formula is C22H31N3O3. The zero-order valence-corrected chi connectivity index (χ0v) is 16.6. The van der Waals surface area contributed by atoms with Crippen LogP contribution >= 0.6 is 0 Å². The van der Waals surface area contributed by atoms with Crippen LogP contribution in [0.3, 0.4) is 0 Å². The van der Waals surface area contributed by atoms with E-state index >= 15 is 0 Å². The van der Waals surface area contributed by atoms with Crippen molar-refractivity contribution in [1.29, 1.82) is 0 Å². The number of rotatable bonds is 3. The smallest absolute Gasteiger partial charge is 0.253 e. The minimum absolute atomic E-state index is 0.0679. The molecule has 152 valence electrons. The van der Waals surface area contributed by atoms with Crippen LogP contribution in [0.5, 0.6) is 0 Å². The maximum atomic E-state index is 12.9. The van der Waals surface area contributed by atoms with Crippen LogP contribution in [-0.4, -0.2) is 74.1 Å². The summed E-state index contributed by atoms with van der Waals surface area (Å²) in [4.78, 5) is 31.7. The number of benzene rings is 1. The van der Waals surface area contributed by atoms with Gasteiger partial charge in [-0.3, -0.25) is 9.59 Å². The van der Waals surface area contributed by atoms with Crippen LogP contribution in [0.4, 0.5) is 5.69 Å². The largest absolute Gasteiger partial charge is 0.378 e. The Morgan fingerprint density at radius 3 is 2.04 bits per heavy atom. The number of carbonyl (C=O) groups excluding carboxylic acids is 2. The molecule has 0 radical (unpaired) electrons. The van der Waals surface area contributed by atoms with Crippen LogP contribution < -0.4 is 4.90 Å². The Morgan fingerprint density at radius 2 is 1.39 bits per heavy atom. The minimum Gasteiger partial charge on any atom is -0.378 e. The van der Waals surface area contributed by atoms with Crippen molar-refractivity contribution in [2.75, 3.05) is 57.4 Å². The van der Waals surface area contributed by atoms with E-state index in [1.165, 1.54) is 19.3 Å². The summed E-state index contributed by atoms with van der Waals surface area (Å²) in [6.45, 7) is 5.87. The van der Waals surface area contributed by atoms with E-state index in [1.54, 1.807) is 0 Å². The summed E-state index contributed by atoms with van der Waals surface area (Å²) in [7, 11) is 0. The number of hydrogen-bond donors (Lipinski definition) is 0. The van der Waals surface area contributed by atoms with Crippen molar-refractivity contribution in [3.05, 3.63) is 29.8 Å². The van der Waals surface area contributed by atoms with Crippen molar-refractivity contribution in [2.45, 2.75) is 32.1 Å². The highest BCUT2D eigenvalue weighted by atomic mass is 16.5. The van der Waals surface area contributed by atoms with E-state index in [0.29, 0.717) is 32.1 Å². The maximum Gasteiger partial charge on any atom is 0.253 e. The van der Waals surface area contributed by atoms with Crippen LogP contribution in [0.25, 0.3) is 0 Å². The second kappa shape index (κ2) is 8.95. The van der Waals surface area contributed by atoms with E-state index in [0.717, 1.165) is 50.4 Å². The average molecular weight is 386 g/mol. The fraction of sp³-hybridized carbons (Fsp3) is 0.636. The zero-order chi connectivity index (χ0) is 19.3. The molecule has 1 aromatic carbocycles. The molecule has 2 aliphatic heterocycles. The second-order valence-electron chi connectivity index (χ2n) is 8.10. The van der Waals surface area contributed by atoms with Crippen molar-refractivity contribution in [1.82, 2.24) is 9.80 Å². The van der Waals surface area contributed by atoms with Crippen LogP contribution in [0.1, 0.15) is 42.5 Å². The van der Waals surface area contributed by atoms with Crippen molar-refractivity contribution < 1.29 is 14.3 Å². The van der Waals surface area contributed by atoms with Crippen molar-refractivity contribution in [3.63, 3.8) is 0 Å². The molecule has 6 nitrogen and oxygen atoms in total. The van der Waals surface area contributed by atoms with Gasteiger partial charge in [-0.1, -0.05) is 19.3 Å². The number of nitrogens with zero attached hydrogens (tertiary/aromatic N) is 3. The van der Waals surface area contributed by atoms with Gasteiger partial charge in [0.25, 0.3) is 5.91 Å². The molecule has 0 spiro atoms. The highest BCUT2D eigenvalue weighted by Gasteiger charge is 2.30. The molecule has 1 aliphatic carbocycles. The first kappa shape index (κ1) is 19.2. The summed E-state index contributed by atoms with van der Waals surface area (Å²) >= 11 is 0. The minimum atomic E-state index is 0.0679. The predicted molar refractivity (Wildman–Crippen MR) is 109 cm³/mol. The monoisotopic (exact) mass is 385 g/mol. The number of ether oxygens (including phenoxy) is 1. The highest BCUT2D eigenvalue weighted by Crippen LogP contribution is 2.26. The SMILES string of the molecule is O=C(c1ccc(N2CCOCC2)cc1)N1CCN(C(=O)C2CCCCC2)CC1. The van der Waals surface area contributed by atoms with Gasteiger partial charge < -0.3 is 19.4 Å². The fourth-order valence-corrected chi connectivity index (χ4v) is 4.56. The topological polar surface area (TPSA) is 53.1 Å². The lowest BCUT2D eigenvalue weighted by atomic mass is 9.88. The average Bonchev–Trinajstić information content (AvgIpc) is 2.79. The highest BCUT2D eigenvalue weighted by molar-refractivity contribution is 5.94. The summed E-state index contributed by atoms with van der Waals surface area (Å²) < 4.78 is 5.40. The molecule has 28 heavy (non-hydrogen) atoms. The lowest BCUT2D eigenvalue weighted by Gasteiger charge is -2.37. The molecule has 0 unspecified atom stereocenters. The van der Waals surface area contributed by atoms with Crippen molar-refractivity contribution >= 4 is 17.5 Å². The Hall–Kier alpha value is -2.08. The Morgan fingerprint density at radius 1 is 0.786 bits per heavy atom. The summed E-state index contributed by atoms with van der Waals surface area (Å²) in [6, 6.07) is 7.90. The Bertz CT molecular complexity index is 671. The van der Waals surface area contributed by atoms with Crippen LogP contribution in [0.15, 0.2) is 24.3 Å². The standard InChI is InChI=1S/C22H31N3O3/c26-21(18-4-2-1-3-5-18)24-10-12-25(13-11-24)22(27)19-6-8-20(9-7-19)23-14-16-28-17-15-23/h6-9,18H,1-5,10-17H2. The third-order valence-electron chi connectivity index (χ3n) is 6.32. The zero-order valence-electron chi connectivity index (χ0n) is 16.6. The van der Waals surface area contributed by atoms with E-state index in [1.807, 2.05) is 34.1 Å². The Kier molecular flexibility index (Phi) is 6.15. The number of amides is 2. The molecule has 0 atom stereocenters. The van der Waals surface area contributed by atoms with E-state index in [-0.39, 0.29) is 11.8 Å². The van der Waals surface area contributed by atoms with E-state index in [9.17, 15) is 9.59 Å². The first-order valence-corrected chi connectivity index (χ1v) is 10.7. The van der Waals surface area contributed by atoms with Gasteiger partial charge in [0.2, 0.25) is 5.91 Å².